The lowest BCUT2D eigenvalue weighted by Crippen LogP contribution is -2.52. The molecular weight excluding hydrogens is 284 g/mol. The highest BCUT2D eigenvalue weighted by atomic mass is 16.3. The minimum absolute atomic E-state index is 0.267. The summed E-state index contributed by atoms with van der Waals surface area (Å²) in [5.41, 5.74) is 0.646. The highest BCUT2D eigenvalue weighted by Gasteiger charge is 2.60. The summed E-state index contributed by atoms with van der Waals surface area (Å²) in [7, 11) is 0. The van der Waals surface area contributed by atoms with Crippen LogP contribution in [-0.2, 0) is 4.79 Å². The van der Waals surface area contributed by atoms with E-state index in [0.717, 1.165) is 37.0 Å². The molecule has 7 atom stereocenters. The van der Waals surface area contributed by atoms with Gasteiger partial charge in [0.1, 0.15) is 5.78 Å². The first-order valence-corrected chi connectivity index (χ1v) is 9.76. The molecule has 3 fully saturated rings. The summed E-state index contributed by atoms with van der Waals surface area (Å²) >= 11 is 0. The van der Waals surface area contributed by atoms with Crippen molar-refractivity contribution in [2.75, 3.05) is 0 Å². The van der Waals surface area contributed by atoms with Gasteiger partial charge in [-0.1, -0.05) is 13.8 Å². The Kier molecular flexibility index (Phi) is 3.49. The molecule has 128 valence electrons. The van der Waals surface area contributed by atoms with Gasteiger partial charge in [-0.2, -0.15) is 0 Å². The quantitative estimate of drug-likeness (QED) is 0.714. The lowest BCUT2D eigenvalue weighted by Gasteiger charge is -2.59. The molecule has 23 heavy (non-hydrogen) atoms. The Morgan fingerprint density at radius 3 is 2.52 bits per heavy atom. The van der Waals surface area contributed by atoms with E-state index in [1.165, 1.54) is 32.1 Å². The highest BCUT2D eigenvalue weighted by Crippen LogP contribution is 2.67. The maximum atomic E-state index is 12.2. The molecule has 0 bridgehead atoms. The SMILES string of the molecule is CC(=O)[C@H]1CC[C@H]2[C@@H]3CCC4C=C(O)CC[C@]4(C)[C@H]3CC[C@]12C. The molecule has 0 amide bonds. The van der Waals surface area contributed by atoms with Gasteiger partial charge in [0, 0.05) is 12.3 Å². The molecule has 4 aliphatic carbocycles. The first-order chi connectivity index (χ1) is 10.9. The number of ketones is 1. The van der Waals surface area contributed by atoms with E-state index < -0.39 is 0 Å². The van der Waals surface area contributed by atoms with Crippen LogP contribution in [0.2, 0.25) is 0 Å². The number of hydrogen-bond acceptors (Lipinski definition) is 2. The van der Waals surface area contributed by atoms with Gasteiger partial charge in [-0.15, -0.1) is 0 Å². The third-order valence-corrected chi connectivity index (χ3v) is 8.75. The van der Waals surface area contributed by atoms with Crippen LogP contribution >= 0.6 is 0 Å². The second-order valence-corrected chi connectivity index (χ2v) is 9.51. The number of carbonyl (C=O) groups is 1. The second-order valence-electron chi connectivity index (χ2n) is 9.51. The van der Waals surface area contributed by atoms with Gasteiger partial charge in [-0.3, -0.25) is 4.79 Å². The van der Waals surface area contributed by atoms with E-state index in [1.54, 1.807) is 0 Å². The lowest BCUT2D eigenvalue weighted by atomic mass is 9.45. The van der Waals surface area contributed by atoms with Gasteiger partial charge in [0.25, 0.3) is 0 Å². The number of Topliss-reactive ketones (excluding diaryl/α,β-unsaturated/α-hetero) is 1. The molecule has 0 aromatic carbocycles. The van der Waals surface area contributed by atoms with Crippen molar-refractivity contribution in [2.24, 2.45) is 40.4 Å². The van der Waals surface area contributed by atoms with Crippen molar-refractivity contribution in [3.05, 3.63) is 11.8 Å². The monoisotopic (exact) mass is 316 g/mol. The van der Waals surface area contributed by atoms with Crippen LogP contribution in [0.25, 0.3) is 0 Å². The summed E-state index contributed by atoms with van der Waals surface area (Å²) in [4.78, 5) is 12.2. The Hall–Kier alpha value is -0.790. The summed E-state index contributed by atoms with van der Waals surface area (Å²) in [6, 6.07) is 0. The van der Waals surface area contributed by atoms with Gasteiger partial charge in [-0.25, -0.2) is 0 Å². The molecular formula is C21H32O2. The van der Waals surface area contributed by atoms with Crippen LogP contribution in [0.4, 0.5) is 0 Å². The maximum Gasteiger partial charge on any atom is 0.133 e. The minimum atomic E-state index is 0.267. The molecule has 4 rings (SSSR count). The predicted molar refractivity (Wildman–Crippen MR) is 92.0 cm³/mol. The van der Waals surface area contributed by atoms with Crippen LogP contribution in [0.3, 0.4) is 0 Å². The zero-order valence-corrected chi connectivity index (χ0v) is 15.0. The Balaban J connectivity index is 1.64. The Bertz CT molecular complexity index is 550. The Labute approximate surface area is 140 Å². The van der Waals surface area contributed by atoms with Crippen LogP contribution in [0.15, 0.2) is 11.8 Å². The number of fused-ring (bicyclic) bond motifs is 5. The lowest BCUT2D eigenvalue weighted by molar-refractivity contribution is -0.130. The summed E-state index contributed by atoms with van der Waals surface area (Å²) in [6.45, 7) is 6.74. The molecule has 0 spiro atoms. The third-order valence-electron chi connectivity index (χ3n) is 8.75. The van der Waals surface area contributed by atoms with Crippen molar-refractivity contribution in [3.8, 4) is 0 Å². The second kappa shape index (κ2) is 5.10. The smallest absolute Gasteiger partial charge is 0.133 e. The molecule has 0 aliphatic heterocycles. The number of aliphatic hydroxyl groups is 1. The standard InChI is InChI=1S/C21H32O2/c1-13(22)17-6-7-18-16-5-4-14-12-15(23)8-10-20(14,2)19(16)9-11-21(17,18)3/h12,14,16-19,23H,4-11H2,1-3H3/t14?,16-,17+,18-,19-,20-,21+/m0/s1. The number of aliphatic hydroxyl groups excluding tert-OH is 1. The van der Waals surface area contributed by atoms with Gasteiger partial charge in [0.15, 0.2) is 0 Å². The fraction of sp³-hybridized carbons (Fsp3) is 0.857. The molecule has 4 aliphatic rings. The summed E-state index contributed by atoms with van der Waals surface area (Å²) in [5, 5.41) is 9.97. The van der Waals surface area contributed by atoms with Crippen LogP contribution in [0, 0.1) is 40.4 Å². The summed E-state index contributed by atoms with van der Waals surface area (Å²) in [6.07, 6.45) is 11.7. The molecule has 1 unspecified atom stereocenters. The van der Waals surface area contributed by atoms with E-state index in [2.05, 4.69) is 19.9 Å². The van der Waals surface area contributed by atoms with Crippen LogP contribution < -0.4 is 0 Å². The molecule has 0 aromatic rings. The molecule has 0 aromatic heterocycles. The fourth-order valence-electron chi connectivity index (χ4n) is 7.51. The minimum Gasteiger partial charge on any atom is -0.513 e. The van der Waals surface area contributed by atoms with E-state index >= 15 is 0 Å². The van der Waals surface area contributed by atoms with Crippen LogP contribution in [0.1, 0.15) is 72.1 Å². The molecule has 1 N–H and O–H groups in total. The fourth-order valence-corrected chi connectivity index (χ4v) is 7.51. The molecule has 0 saturated heterocycles. The van der Waals surface area contributed by atoms with Gasteiger partial charge in [-0.05, 0) is 92.4 Å². The van der Waals surface area contributed by atoms with E-state index in [-0.39, 0.29) is 5.41 Å². The van der Waals surface area contributed by atoms with Crippen LogP contribution in [-0.4, -0.2) is 10.9 Å². The average molecular weight is 316 g/mol. The van der Waals surface area contributed by atoms with Gasteiger partial charge in [0.05, 0.1) is 5.76 Å². The molecule has 2 nitrogen and oxygen atoms in total. The zero-order valence-electron chi connectivity index (χ0n) is 15.0. The van der Waals surface area contributed by atoms with Crippen molar-refractivity contribution in [2.45, 2.75) is 72.1 Å². The van der Waals surface area contributed by atoms with Crippen molar-refractivity contribution in [1.29, 1.82) is 0 Å². The largest absolute Gasteiger partial charge is 0.513 e. The van der Waals surface area contributed by atoms with Gasteiger partial charge >= 0.3 is 0 Å². The van der Waals surface area contributed by atoms with Crippen molar-refractivity contribution < 1.29 is 9.90 Å². The maximum absolute atomic E-state index is 12.2. The van der Waals surface area contributed by atoms with Crippen LogP contribution in [0.5, 0.6) is 0 Å². The molecule has 0 heterocycles. The number of rotatable bonds is 1. The Morgan fingerprint density at radius 2 is 1.78 bits per heavy atom. The summed E-state index contributed by atoms with van der Waals surface area (Å²) < 4.78 is 0. The van der Waals surface area contributed by atoms with E-state index in [9.17, 15) is 9.90 Å². The number of hydrogen-bond donors (Lipinski definition) is 1. The van der Waals surface area contributed by atoms with E-state index in [1.807, 2.05) is 6.92 Å². The number of allylic oxidation sites excluding steroid dienone is 2. The topological polar surface area (TPSA) is 37.3 Å². The van der Waals surface area contributed by atoms with Crippen molar-refractivity contribution in [3.63, 3.8) is 0 Å². The zero-order chi connectivity index (χ0) is 16.4. The van der Waals surface area contributed by atoms with Gasteiger partial charge in [0.2, 0.25) is 0 Å². The predicted octanol–water partition coefficient (Wildman–Crippen LogP) is 5.29. The molecule has 2 heteroatoms. The normalized spacial score (nSPS) is 52.1. The van der Waals surface area contributed by atoms with E-state index in [0.29, 0.717) is 28.8 Å². The average Bonchev–Trinajstić information content (AvgIpc) is 2.85. The Morgan fingerprint density at radius 1 is 1.04 bits per heavy atom. The van der Waals surface area contributed by atoms with Gasteiger partial charge < -0.3 is 5.11 Å². The first-order valence-electron chi connectivity index (χ1n) is 9.76. The highest BCUT2D eigenvalue weighted by molar-refractivity contribution is 5.79. The molecule has 0 radical (unpaired) electrons. The number of carbonyl (C=O) groups excluding carboxylic acids is 1. The van der Waals surface area contributed by atoms with Crippen molar-refractivity contribution >= 4 is 5.78 Å². The first kappa shape index (κ1) is 15.7. The molecule has 3 saturated carbocycles. The third kappa shape index (κ3) is 2.09. The van der Waals surface area contributed by atoms with E-state index in [4.69, 9.17) is 0 Å². The summed E-state index contributed by atoms with van der Waals surface area (Å²) in [5.74, 6) is 4.32. The van der Waals surface area contributed by atoms with Crippen molar-refractivity contribution in [1.82, 2.24) is 0 Å².